The molecule has 3 nitrogen and oxygen atoms in total. The van der Waals surface area contributed by atoms with Crippen molar-refractivity contribution in [1.82, 2.24) is 4.98 Å². The summed E-state index contributed by atoms with van der Waals surface area (Å²) in [6.07, 6.45) is 1.31. The molecule has 1 aromatic heterocycles. The molecule has 1 rings (SSSR count). The minimum Gasteiger partial charge on any atom is -0.456 e. The van der Waals surface area contributed by atoms with Crippen molar-refractivity contribution in [3.05, 3.63) is 28.8 Å². The molecule has 0 aliphatic rings. The Balaban J connectivity index is 2.89. The monoisotopic (exact) mass is 227 g/mol. The molecule has 0 fully saturated rings. The van der Waals surface area contributed by atoms with Gasteiger partial charge in [0, 0.05) is 12.1 Å². The van der Waals surface area contributed by atoms with Gasteiger partial charge < -0.3 is 4.74 Å². The Kier molecular flexibility index (Phi) is 4.07. The van der Waals surface area contributed by atoms with Crippen LogP contribution >= 0.6 is 11.6 Å². The number of carbonyl (C=O) groups excluding carboxylic acids is 1. The Labute approximate surface area is 91.2 Å². The number of nitrogens with zero attached hydrogens (tertiary/aromatic N) is 1. The summed E-state index contributed by atoms with van der Waals surface area (Å²) in [6.45, 7) is 1.89. The fourth-order valence-electron chi connectivity index (χ4n) is 0.800. The number of carbonyl (C=O) groups is 1. The quantitative estimate of drug-likeness (QED) is 0.417. The highest BCUT2D eigenvalue weighted by molar-refractivity contribution is 6.29. The van der Waals surface area contributed by atoms with Crippen LogP contribution in [0.25, 0.3) is 0 Å². The van der Waals surface area contributed by atoms with E-state index in [2.05, 4.69) is 21.6 Å². The van der Waals surface area contributed by atoms with Crippen molar-refractivity contribution in [3.63, 3.8) is 0 Å². The molecule has 78 valence electrons. The van der Waals surface area contributed by atoms with Crippen molar-refractivity contribution in [1.29, 1.82) is 0 Å². The molecule has 0 atom stereocenters. The first-order valence-electron chi connectivity index (χ1n) is 4.14. The first-order chi connectivity index (χ1) is 7.15. The highest BCUT2D eigenvalue weighted by Crippen LogP contribution is 2.13. The van der Waals surface area contributed by atoms with E-state index in [9.17, 15) is 9.18 Å². The van der Waals surface area contributed by atoms with Gasteiger partial charge in [-0.2, -0.15) is 0 Å². The zero-order valence-electron chi connectivity index (χ0n) is 7.88. The second kappa shape index (κ2) is 5.32. The molecule has 0 amide bonds. The van der Waals surface area contributed by atoms with Crippen LogP contribution in [0.15, 0.2) is 12.3 Å². The maximum Gasteiger partial charge on any atom is 0.384 e. The SMILES string of the molecule is CCOC(=O)C#Cc1ccnc(Cl)c1F. The molecule has 0 aliphatic carbocycles. The van der Waals surface area contributed by atoms with Crippen molar-refractivity contribution in [3.8, 4) is 11.8 Å². The van der Waals surface area contributed by atoms with Crippen LogP contribution in [0.5, 0.6) is 0 Å². The Morgan fingerprint density at radius 1 is 1.73 bits per heavy atom. The predicted octanol–water partition coefficient (Wildman–Crippen LogP) is 1.79. The minimum absolute atomic E-state index is 0.0167. The molecule has 15 heavy (non-hydrogen) atoms. The molecular formula is C10H7ClFNO2. The van der Waals surface area contributed by atoms with E-state index < -0.39 is 11.8 Å². The van der Waals surface area contributed by atoms with Crippen LogP contribution in [-0.2, 0) is 9.53 Å². The Morgan fingerprint density at radius 3 is 3.13 bits per heavy atom. The van der Waals surface area contributed by atoms with Crippen LogP contribution < -0.4 is 0 Å². The van der Waals surface area contributed by atoms with Crippen LogP contribution in [0.1, 0.15) is 12.5 Å². The first-order valence-corrected chi connectivity index (χ1v) is 4.51. The Morgan fingerprint density at radius 2 is 2.47 bits per heavy atom. The summed E-state index contributed by atoms with van der Waals surface area (Å²) in [6, 6.07) is 1.33. The van der Waals surface area contributed by atoms with Gasteiger partial charge in [0.25, 0.3) is 0 Å². The second-order valence-electron chi connectivity index (χ2n) is 2.43. The average molecular weight is 228 g/mol. The zero-order valence-corrected chi connectivity index (χ0v) is 8.64. The highest BCUT2D eigenvalue weighted by Gasteiger charge is 2.04. The fraction of sp³-hybridized carbons (Fsp3) is 0.200. The van der Waals surface area contributed by atoms with Crippen LogP contribution in [0.2, 0.25) is 5.15 Å². The smallest absolute Gasteiger partial charge is 0.384 e. The third-order valence-corrected chi connectivity index (χ3v) is 1.68. The van der Waals surface area contributed by atoms with E-state index in [4.69, 9.17) is 11.6 Å². The number of rotatable bonds is 1. The van der Waals surface area contributed by atoms with Crippen LogP contribution in [-0.4, -0.2) is 17.6 Å². The number of esters is 1. The molecular weight excluding hydrogens is 221 g/mol. The minimum atomic E-state index is -0.740. The summed E-state index contributed by atoms with van der Waals surface area (Å²) >= 11 is 5.42. The molecule has 0 spiro atoms. The van der Waals surface area contributed by atoms with E-state index >= 15 is 0 Å². The number of halogens is 2. The van der Waals surface area contributed by atoms with Gasteiger partial charge in [0.05, 0.1) is 12.2 Å². The molecule has 0 aliphatic heterocycles. The lowest BCUT2D eigenvalue weighted by Gasteiger charge is -1.95. The van der Waals surface area contributed by atoms with E-state index in [1.54, 1.807) is 6.92 Å². The standard InChI is InChI=1S/C10H7ClFNO2/c1-2-15-8(14)4-3-7-5-6-13-10(11)9(7)12/h5-6H,2H2,1H3. The van der Waals surface area contributed by atoms with Crippen molar-refractivity contribution in [2.24, 2.45) is 0 Å². The van der Waals surface area contributed by atoms with Crippen molar-refractivity contribution < 1.29 is 13.9 Å². The molecule has 0 saturated carbocycles. The second-order valence-corrected chi connectivity index (χ2v) is 2.79. The highest BCUT2D eigenvalue weighted by atomic mass is 35.5. The average Bonchev–Trinajstić information content (AvgIpc) is 2.21. The van der Waals surface area contributed by atoms with Gasteiger partial charge in [-0.15, -0.1) is 0 Å². The predicted molar refractivity (Wildman–Crippen MR) is 52.7 cm³/mol. The van der Waals surface area contributed by atoms with E-state index in [-0.39, 0.29) is 17.3 Å². The molecule has 5 heteroatoms. The largest absolute Gasteiger partial charge is 0.456 e. The van der Waals surface area contributed by atoms with Crippen LogP contribution in [0, 0.1) is 17.7 Å². The lowest BCUT2D eigenvalue weighted by molar-refractivity contribution is -0.136. The van der Waals surface area contributed by atoms with E-state index in [1.807, 2.05) is 0 Å². The van der Waals surface area contributed by atoms with Crippen molar-refractivity contribution >= 4 is 17.6 Å². The summed E-state index contributed by atoms with van der Waals surface area (Å²) in [4.78, 5) is 14.4. The molecule has 0 aromatic carbocycles. The number of pyridine rings is 1. The summed E-state index contributed by atoms with van der Waals surface area (Å²) in [5.41, 5.74) is 0.0167. The van der Waals surface area contributed by atoms with Crippen LogP contribution in [0.4, 0.5) is 4.39 Å². The number of ether oxygens (including phenoxy) is 1. The van der Waals surface area contributed by atoms with E-state index in [1.165, 1.54) is 12.3 Å². The molecule has 0 bridgehead atoms. The first kappa shape index (κ1) is 11.5. The third-order valence-electron chi connectivity index (χ3n) is 1.42. The number of hydrogen-bond acceptors (Lipinski definition) is 3. The molecule has 0 saturated heterocycles. The van der Waals surface area contributed by atoms with E-state index in [0.717, 1.165) is 0 Å². The molecule has 1 aromatic rings. The third kappa shape index (κ3) is 3.22. The van der Waals surface area contributed by atoms with Gasteiger partial charge in [-0.05, 0) is 13.0 Å². The van der Waals surface area contributed by atoms with E-state index in [0.29, 0.717) is 0 Å². The maximum atomic E-state index is 13.2. The van der Waals surface area contributed by atoms with Gasteiger partial charge >= 0.3 is 5.97 Å². The van der Waals surface area contributed by atoms with Crippen molar-refractivity contribution in [2.75, 3.05) is 6.61 Å². The normalized spacial score (nSPS) is 9.00. The zero-order chi connectivity index (χ0) is 11.3. The molecule has 0 radical (unpaired) electrons. The lowest BCUT2D eigenvalue weighted by atomic mass is 10.2. The molecule has 0 unspecified atom stereocenters. The molecule has 1 heterocycles. The Hall–Kier alpha value is -1.60. The van der Waals surface area contributed by atoms with Gasteiger partial charge in [0.15, 0.2) is 11.0 Å². The van der Waals surface area contributed by atoms with Gasteiger partial charge in [-0.25, -0.2) is 14.2 Å². The van der Waals surface area contributed by atoms with Gasteiger partial charge in [-0.3, -0.25) is 0 Å². The Bertz CT molecular complexity index is 437. The lowest BCUT2D eigenvalue weighted by Crippen LogP contribution is -2.00. The number of aromatic nitrogens is 1. The molecule has 0 N–H and O–H groups in total. The van der Waals surface area contributed by atoms with Gasteiger partial charge in [0.2, 0.25) is 0 Å². The topological polar surface area (TPSA) is 39.2 Å². The van der Waals surface area contributed by atoms with Crippen molar-refractivity contribution in [2.45, 2.75) is 6.92 Å². The number of hydrogen-bond donors (Lipinski definition) is 0. The fourth-order valence-corrected chi connectivity index (χ4v) is 0.958. The summed E-state index contributed by atoms with van der Waals surface area (Å²) in [5, 5.41) is -0.273. The van der Waals surface area contributed by atoms with Gasteiger partial charge in [-0.1, -0.05) is 17.5 Å². The van der Waals surface area contributed by atoms with Crippen LogP contribution in [0.3, 0.4) is 0 Å². The maximum absolute atomic E-state index is 13.2. The summed E-state index contributed by atoms with van der Waals surface area (Å²) in [7, 11) is 0. The summed E-state index contributed by atoms with van der Waals surface area (Å²) in [5.74, 6) is 3.00. The summed E-state index contributed by atoms with van der Waals surface area (Å²) < 4.78 is 17.7. The van der Waals surface area contributed by atoms with Gasteiger partial charge in [0.1, 0.15) is 0 Å².